The molecule has 15 heteroatoms. The Bertz CT molecular complexity index is 1550. The minimum atomic E-state index is -4.86. The third kappa shape index (κ3) is 11.5. The van der Waals surface area contributed by atoms with Crippen LogP contribution in [0.2, 0.25) is 0 Å². The number of carbonyl (C=O) groups excluding carboxylic acids is 3. The molecular weight excluding hydrogens is 631 g/mol. The van der Waals surface area contributed by atoms with Crippen molar-refractivity contribution >= 4 is 31.3 Å². The summed E-state index contributed by atoms with van der Waals surface area (Å²) in [5, 5.41) is 29.1. The lowest BCUT2D eigenvalue weighted by Crippen LogP contribution is -2.54. The Morgan fingerprint density at radius 2 is 1.38 bits per heavy atom. The molecule has 3 aromatic rings. The van der Waals surface area contributed by atoms with Gasteiger partial charge in [0, 0.05) is 6.42 Å². The van der Waals surface area contributed by atoms with Crippen molar-refractivity contribution in [1.82, 2.24) is 21.3 Å². The lowest BCUT2D eigenvalue weighted by Gasteiger charge is -2.27. The van der Waals surface area contributed by atoms with E-state index in [2.05, 4.69) is 21.3 Å². The van der Waals surface area contributed by atoms with E-state index in [0.717, 1.165) is 0 Å². The molecule has 0 fully saturated rings. The number of carbonyl (C=O) groups is 4. The van der Waals surface area contributed by atoms with Gasteiger partial charge in [-0.05, 0) is 53.8 Å². The summed E-state index contributed by atoms with van der Waals surface area (Å²) in [4.78, 5) is 71.4. The minimum absolute atomic E-state index is 0.00919. The summed E-state index contributed by atoms with van der Waals surface area (Å²) in [6.45, 7) is 0.970. The van der Waals surface area contributed by atoms with Crippen molar-refractivity contribution in [3.63, 3.8) is 0 Å². The van der Waals surface area contributed by atoms with Crippen LogP contribution in [0.25, 0.3) is 0 Å². The van der Waals surface area contributed by atoms with Gasteiger partial charge in [-0.15, -0.1) is 0 Å². The normalized spacial score (nSPS) is 13.8. The van der Waals surface area contributed by atoms with E-state index in [-0.39, 0.29) is 30.6 Å². The van der Waals surface area contributed by atoms with E-state index in [1.807, 2.05) is 0 Å². The van der Waals surface area contributed by atoms with Crippen LogP contribution in [0.1, 0.15) is 35.8 Å². The van der Waals surface area contributed by atoms with Gasteiger partial charge in [-0.25, -0.2) is 4.79 Å². The maximum Gasteiger partial charge on any atom is 0.346 e. The monoisotopic (exact) mass is 670 g/mol. The van der Waals surface area contributed by atoms with Crippen molar-refractivity contribution in [3.8, 4) is 11.5 Å². The quantitative estimate of drug-likeness (QED) is 0.0964. The van der Waals surface area contributed by atoms with Gasteiger partial charge in [-0.3, -0.25) is 24.3 Å². The zero-order chi connectivity index (χ0) is 34.6. The van der Waals surface area contributed by atoms with Crippen LogP contribution >= 0.6 is 7.60 Å². The molecule has 14 nitrogen and oxygen atoms in total. The Balaban J connectivity index is 1.78. The maximum atomic E-state index is 13.5. The summed E-state index contributed by atoms with van der Waals surface area (Å²) in [5.74, 6) is -4.64. The first-order valence-electron chi connectivity index (χ1n) is 14.7. The third-order valence-electron chi connectivity index (χ3n) is 7.20. The molecule has 47 heavy (non-hydrogen) atoms. The largest absolute Gasteiger partial charge is 0.508 e. The number of hydrogen-bond donors (Lipinski definition) is 8. The number of hydrogen-bond acceptors (Lipinski definition) is 8. The number of ether oxygens (including phenoxy) is 1. The van der Waals surface area contributed by atoms with Crippen LogP contribution < -0.4 is 26.0 Å². The minimum Gasteiger partial charge on any atom is -0.508 e. The third-order valence-corrected chi connectivity index (χ3v) is 8.32. The van der Waals surface area contributed by atoms with E-state index in [0.29, 0.717) is 16.9 Å². The number of benzene rings is 3. The highest BCUT2D eigenvalue weighted by Gasteiger charge is 2.35. The SMILES string of the molecule is CC[C@H](NC(=O)[C@H](Cc1ccc(O)cc1)NC(=O)CNC(=O)[C@H](Cc1ccccc1)NC(c1ccc(OC)cc1)P(=O)(O)O)C(=O)O. The van der Waals surface area contributed by atoms with E-state index >= 15 is 0 Å². The van der Waals surface area contributed by atoms with Crippen molar-refractivity contribution in [2.75, 3.05) is 13.7 Å². The van der Waals surface area contributed by atoms with Crippen molar-refractivity contribution in [2.45, 2.75) is 50.1 Å². The molecule has 0 heterocycles. The van der Waals surface area contributed by atoms with E-state index in [1.165, 1.54) is 55.6 Å². The fourth-order valence-corrected chi connectivity index (χ4v) is 5.60. The molecule has 252 valence electrons. The number of carboxylic acid groups (broad SMARTS) is 1. The van der Waals surface area contributed by atoms with Gasteiger partial charge in [0.25, 0.3) is 0 Å². The molecule has 0 aliphatic heterocycles. The van der Waals surface area contributed by atoms with E-state index in [1.54, 1.807) is 37.3 Å². The van der Waals surface area contributed by atoms with Crippen LogP contribution in [-0.2, 0) is 36.6 Å². The number of amides is 3. The fraction of sp³-hybridized carbons (Fsp3) is 0.312. The summed E-state index contributed by atoms with van der Waals surface area (Å²) >= 11 is 0. The number of carboxylic acids is 1. The lowest BCUT2D eigenvalue weighted by molar-refractivity contribution is -0.142. The lowest BCUT2D eigenvalue weighted by atomic mass is 10.0. The number of methoxy groups -OCH3 is 1. The summed E-state index contributed by atoms with van der Waals surface area (Å²) < 4.78 is 17.7. The molecule has 3 aromatic carbocycles. The summed E-state index contributed by atoms with van der Waals surface area (Å²) in [5.41, 5.74) is 1.45. The first-order valence-corrected chi connectivity index (χ1v) is 16.4. The molecule has 0 saturated heterocycles. The molecule has 3 rings (SSSR count). The molecule has 0 aliphatic carbocycles. The van der Waals surface area contributed by atoms with Crippen LogP contribution in [0, 0.1) is 0 Å². The van der Waals surface area contributed by atoms with Gasteiger partial charge in [-0.1, -0.05) is 61.5 Å². The highest BCUT2D eigenvalue weighted by Crippen LogP contribution is 2.50. The van der Waals surface area contributed by atoms with Crippen LogP contribution in [-0.4, -0.2) is 75.5 Å². The molecule has 0 spiro atoms. The van der Waals surface area contributed by atoms with Gasteiger partial charge in [0.05, 0.1) is 19.7 Å². The molecule has 0 radical (unpaired) electrons. The van der Waals surface area contributed by atoms with Crippen LogP contribution in [0.15, 0.2) is 78.9 Å². The van der Waals surface area contributed by atoms with Gasteiger partial charge < -0.3 is 40.7 Å². The Hall–Kier alpha value is -4.75. The van der Waals surface area contributed by atoms with Gasteiger partial charge in [-0.2, -0.15) is 0 Å². The topological polar surface area (TPSA) is 224 Å². The van der Waals surface area contributed by atoms with Gasteiger partial charge >= 0.3 is 13.6 Å². The van der Waals surface area contributed by atoms with Crippen LogP contribution in [0.4, 0.5) is 0 Å². The van der Waals surface area contributed by atoms with Gasteiger partial charge in [0.15, 0.2) is 0 Å². The second kappa shape index (κ2) is 17.2. The number of phenolic OH excluding ortho intramolecular Hbond substituents is 1. The Kier molecular flexibility index (Phi) is 13.5. The molecule has 4 atom stereocenters. The zero-order valence-electron chi connectivity index (χ0n) is 25.8. The first-order chi connectivity index (χ1) is 22.3. The molecule has 0 saturated carbocycles. The number of aromatic hydroxyl groups is 1. The number of aliphatic carboxylic acids is 1. The predicted molar refractivity (Wildman–Crippen MR) is 171 cm³/mol. The Morgan fingerprint density at radius 3 is 1.94 bits per heavy atom. The molecular formula is C32H39N4O10P. The second-order valence-corrected chi connectivity index (χ2v) is 12.4. The first kappa shape index (κ1) is 36.7. The number of phenols is 1. The maximum absolute atomic E-state index is 13.5. The standard InChI is InChI=1S/C32H39N4O10P/c1-3-25(32(41)42)35-30(40)27(18-21-9-13-23(37)14-10-21)34-28(38)19-33-29(39)26(17-20-7-5-4-6-8-20)36-31(47(43,44)45)22-11-15-24(46-2)16-12-22/h4-16,25-27,31,36-37H,3,17-19H2,1-2H3,(H,33,39)(H,34,38)(H,35,40)(H,41,42)(H2,43,44,45)/t25-,26-,27-,31?/m0/s1. The molecule has 1 unspecified atom stereocenters. The Labute approximate surface area is 271 Å². The molecule has 8 N–H and O–H groups in total. The Morgan fingerprint density at radius 1 is 0.787 bits per heavy atom. The van der Waals surface area contributed by atoms with Crippen molar-refractivity contribution in [1.29, 1.82) is 0 Å². The smallest absolute Gasteiger partial charge is 0.346 e. The van der Waals surface area contributed by atoms with E-state index in [4.69, 9.17) is 4.74 Å². The molecule has 0 bridgehead atoms. The molecule has 0 aromatic heterocycles. The van der Waals surface area contributed by atoms with Crippen molar-refractivity contribution in [3.05, 3.63) is 95.6 Å². The van der Waals surface area contributed by atoms with Crippen molar-refractivity contribution < 1.29 is 48.5 Å². The molecule has 0 aliphatic rings. The van der Waals surface area contributed by atoms with Gasteiger partial charge in [0.2, 0.25) is 17.7 Å². The average molecular weight is 671 g/mol. The summed E-state index contributed by atoms with van der Waals surface area (Å²) in [7, 11) is -3.41. The van der Waals surface area contributed by atoms with E-state index < -0.39 is 61.7 Å². The predicted octanol–water partition coefficient (Wildman–Crippen LogP) is 1.60. The zero-order valence-corrected chi connectivity index (χ0v) is 26.7. The van der Waals surface area contributed by atoms with Crippen LogP contribution in [0.5, 0.6) is 11.5 Å². The van der Waals surface area contributed by atoms with E-state index in [9.17, 15) is 43.7 Å². The number of rotatable bonds is 17. The van der Waals surface area contributed by atoms with Gasteiger partial charge in [0.1, 0.15) is 29.4 Å². The fourth-order valence-electron chi connectivity index (χ4n) is 4.67. The highest BCUT2D eigenvalue weighted by molar-refractivity contribution is 7.52. The summed E-state index contributed by atoms with van der Waals surface area (Å²) in [6.07, 6.45) is 0.0607. The van der Waals surface area contributed by atoms with Crippen LogP contribution in [0.3, 0.4) is 0 Å². The van der Waals surface area contributed by atoms with Crippen molar-refractivity contribution in [2.24, 2.45) is 0 Å². The second-order valence-electron chi connectivity index (χ2n) is 10.7. The highest BCUT2D eigenvalue weighted by atomic mass is 31.2. The number of nitrogens with one attached hydrogen (secondary N) is 4. The molecule has 3 amide bonds. The summed E-state index contributed by atoms with van der Waals surface area (Å²) in [6, 6.07) is 17.0. The average Bonchev–Trinajstić information content (AvgIpc) is 3.04.